The molecule has 0 unspecified atom stereocenters. The van der Waals surface area contributed by atoms with Crippen LogP contribution in [-0.2, 0) is 0 Å². The zero-order valence-electron chi connectivity index (χ0n) is 6.64. The van der Waals surface area contributed by atoms with Gasteiger partial charge in [0.1, 0.15) is 0 Å². The molecule has 2 N–H and O–H groups in total. The average molecular weight is 140 g/mol. The van der Waals surface area contributed by atoms with Crippen LogP contribution < -0.4 is 5.73 Å². The molecule has 0 aromatic heterocycles. The average Bonchev–Trinajstić information content (AvgIpc) is 2.58. The quantitative estimate of drug-likeness (QED) is 0.572. The second-order valence-electron chi connectivity index (χ2n) is 3.79. The Hall–Kier alpha value is -0.0800. The molecule has 1 heterocycles. The smallest absolute Gasteiger partial charge is 0.0316 e. The van der Waals surface area contributed by atoms with Gasteiger partial charge in [0.2, 0.25) is 0 Å². The Bertz CT molecular complexity index is 146. The number of nitrogens with zero attached hydrogens (tertiary/aromatic N) is 1. The summed E-state index contributed by atoms with van der Waals surface area (Å²) in [6.07, 6.45) is 2.62. The van der Waals surface area contributed by atoms with Crippen molar-refractivity contribution in [3.05, 3.63) is 0 Å². The maximum Gasteiger partial charge on any atom is 0.0316 e. The van der Waals surface area contributed by atoms with Crippen LogP contribution in [0, 0.1) is 5.92 Å². The standard InChI is InChI=1S/C8H16N2/c1-2-10-4-3-7-5-8(7,9)6-10/h7H,2-6,9H2,1H3/t7-,8+/m1/s1. The van der Waals surface area contributed by atoms with E-state index in [2.05, 4.69) is 11.8 Å². The van der Waals surface area contributed by atoms with E-state index in [1.165, 1.54) is 25.9 Å². The zero-order valence-corrected chi connectivity index (χ0v) is 6.64. The van der Waals surface area contributed by atoms with Crippen LogP contribution >= 0.6 is 0 Å². The van der Waals surface area contributed by atoms with Crippen LogP contribution in [0.5, 0.6) is 0 Å². The third-order valence-corrected chi connectivity index (χ3v) is 3.04. The van der Waals surface area contributed by atoms with Gasteiger partial charge < -0.3 is 10.6 Å². The fourth-order valence-corrected chi connectivity index (χ4v) is 2.09. The molecule has 10 heavy (non-hydrogen) atoms. The highest BCUT2D eigenvalue weighted by atomic mass is 15.2. The summed E-state index contributed by atoms with van der Waals surface area (Å²) in [5.74, 6) is 0.871. The summed E-state index contributed by atoms with van der Waals surface area (Å²) < 4.78 is 0. The zero-order chi connectivity index (χ0) is 7.19. The van der Waals surface area contributed by atoms with Crippen molar-refractivity contribution < 1.29 is 0 Å². The van der Waals surface area contributed by atoms with Crippen LogP contribution in [0.3, 0.4) is 0 Å². The molecular weight excluding hydrogens is 124 g/mol. The van der Waals surface area contributed by atoms with Gasteiger partial charge in [-0.15, -0.1) is 0 Å². The number of fused-ring (bicyclic) bond motifs is 1. The van der Waals surface area contributed by atoms with Crippen LogP contribution in [0.25, 0.3) is 0 Å². The highest BCUT2D eigenvalue weighted by Gasteiger charge is 2.53. The summed E-state index contributed by atoms with van der Waals surface area (Å²) in [5, 5.41) is 0. The van der Waals surface area contributed by atoms with Gasteiger partial charge in [-0.25, -0.2) is 0 Å². The Morgan fingerprint density at radius 1 is 1.70 bits per heavy atom. The van der Waals surface area contributed by atoms with E-state index in [4.69, 9.17) is 5.73 Å². The predicted molar refractivity (Wildman–Crippen MR) is 41.8 cm³/mol. The minimum atomic E-state index is 0.244. The number of nitrogens with two attached hydrogens (primary N) is 1. The van der Waals surface area contributed by atoms with E-state index in [9.17, 15) is 0 Å². The van der Waals surface area contributed by atoms with E-state index < -0.39 is 0 Å². The lowest BCUT2D eigenvalue weighted by Gasteiger charge is -2.29. The van der Waals surface area contributed by atoms with Gasteiger partial charge in [0.05, 0.1) is 0 Å². The van der Waals surface area contributed by atoms with E-state index in [-0.39, 0.29) is 5.54 Å². The highest BCUT2D eigenvalue weighted by Crippen LogP contribution is 2.46. The van der Waals surface area contributed by atoms with Gasteiger partial charge in [-0.2, -0.15) is 0 Å². The molecule has 0 aromatic carbocycles. The summed E-state index contributed by atoms with van der Waals surface area (Å²) in [5.41, 5.74) is 6.32. The van der Waals surface area contributed by atoms with Crippen molar-refractivity contribution in [3.63, 3.8) is 0 Å². The first kappa shape index (κ1) is 6.62. The molecule has 2 rings (SSSR count). The van der Waals surface area contributed by atoms with Gasteiger partial charge in [0.15, 0.2) is 0 Å². The molecule has 58 valence electrons. The van der Waals surface area contributed by atoms with Gasteiger partial charge in [-0.05, 0) is 31.8 Å². The monoisotopic (exact) mass is 140 g/mol. The molecule has 0 amide bonds. The van der Waals surface area contributed by atoms with Crippen molar-refractivity contribution in [1.82, 2.24) is 4.90 Å². The highest BCUT2D eigenvalue weighted by molar-refractivity contribution is 5.11. The van der Waals surface area contributed by atoms with Gasteiger partial charge in [0, 0.05) is 12.1 Å². The van der Waals surface area contributed by atoms with E-state index in [0.29, 0.717) is 0 Å². The Balaban J connectivity index is 1.96. The minimum Gasteiger partial charge on any atom is -0.324 e. The summed E-state index contributed by atoms with van der Waals surface area (Å²) in [6.45, 7) is 5.81. The molecule has 2 heteroatoms. The van der Waals surface area contributed by atoms with Gasteiger partial charge in [-0.1, -0.05) is 6.92 Å². The number of rotatable bonds is 1. The van der Waals surface area contributed by atoms with E-state index in [1.54, 1.807) is 0 Å². The van der Waals surface area contributed by atoms with Crippen molar-refractivity contribution in [3.8, 4) is 0 Å². The molecule has 2 atom stereocenters. The third-order valence-electron chi connectivity index (χ3n) is 3.04. The fraction of sp³-hybridized carbons (Fsp3) is 1.00. The first-order valence-electron chi connectivity index (χ1n) is 4.26. The van der Waals surface area contributed by atoms with Crippen LogP contribution in [0.15, 0.2) is 0 Å². The topological polar surface area (TPSA) is 29.3 Å². The fourth-order valence-electron chi connectivity index (χ4n) is 2.09. The van der Waals surface area contributed by atoms with Crippen molar-refractivity contribution in [2.75, 3.05) is 19.6 Å². The predicted octanol–water partition coefficient (Wildman–Crippen LogP) is 0.429. The van der Waals surface area contributed by atoms with Gasteiger partial charge in [-0.3, -0.25) is 0 Å². The van der Waals surface area contributed by atoms with Crippen LogP contribution in [-0.4, -0.2) is 30.1 Å². The number of piperidine rings is 1. The van der Waals surface area contributed by atoms with Gasteiger partial charge >= 0.3 is 0 Å². The summed E-state index contributed by atoms with van der Waals surface area (Å²) in [7, 11) is 0. The van der Waals surface area contributed by atoms with Crippen molar-refractivity contribution in [1.29, 1.82) is 0 Å². The number of likely N-dealkylation sites (tertiary alicyclic amines) is 1. The molecule has 0 aromatic rings. The summed E-state index contributed by atoms with van der Waals surface area (Å²) >= 11 is 0. The van der Waals surface area contributed by atoms with E-state index >= 15 is 0 Å². The van der Waals surface area contributed by atoms with E-state index in [1.807, 2.05) is 0 Å². The molecule has 1 saturated carbocycles. The maximum absolute atomic E-state index is 6.08. The third kappa shape index (κ3) is 0.867. The van der Waals surface area contributed by atoms with Crippen molar-refractivity contribution in [2.24, 2.45) is 11.7 Å². The molecule has 0 bridgehead atoms. The molecular formula is C8H16N2. The Morgan fingerprint density at radius 3 is 3.10 bits per heavy atom. The Labute approximate surface area is 62.4 Å². The lowest BCUT2D eigenvalue weighted by molar-refractivity contribution is 0.213. The van der Waals surface area contributed by atoms with Crippen molar-refractivity contribution in [2.45, 2.75) is 25.3 Å². The second kappa shape index (κ2) is 1.95. The Kier molecular flexibility index (Phi) is 1.29. The molecule has 1 saturated heterocycles. The molecule has 0 radical (unpaired) electrons. The molecule has 1 aliphatic carbocycles. The maximum atomic E-state index is 6.08. The normalized spacial score (nSPS) is 46.8. The number of likely N-dealkylation sites (N-methyl/N-ethyl adjacent to an activating group) is 1. The molecule has 2 fully saturated rings. The van der Waals surface area contributed by atoms with Crippen LogP contribution in [0.2, 0.25) is 0 Å². The minimum absolute atomic E-state index is 0.244. The lowest BCUT2D eigenvalue weighted by atomic mass is 10.1. The SMILES string of the molecule is CCN1CC[C@@H]2C[C@]2(N)C1. The Morgan fingerprint density at radius 2 is 2.50 bits per heavy atom. The van der Waals surface area contributed by atoms with E-state index in [0.717, 1.165) is 12.5 Å². The molecule has 2 nitrogen and oxygen atoms in total. The van der Waals surface area contributed by atoms with Crippen LogP contribution in [0.4, 0.5) is 0 Å². The largest absolute Gasteiger partial charge is 0.324 e. The first-order chi connectivity index (χ1) is 4.74. The number of hydrogen-bond acceptors (Lipinski definition) is 2. The van der Waals surface area contributed by atoms with Gasteiger partial charge in [0.25, 0.3) is 0 Å². The molecule has 1 aliphatic heterocycles. The number of hydrogen-bond donors (Lipinski definition) is 1. The lowest BCUT2D eigenvalue weighted by Crippen LogP contribution is -2.45. The molecule has 0 spiro atoms. The summed E-state index contributed by atoms with van der Waals surface area (Å²) in [4.78, 5) is 2.46. The van der Waals surface area contributed by atoms with Crippen LogP contribution in [0.1, 0.15) is 19.8 Å². The summed E-state index contributed by atoms with van der Waals surface area (Å²) in [6, 6.07) is 0. The first-order valence-corrected chi connectivity index (χ1v) is 4.26. The van der Waals surface area contributed by atoms with Crippen molar-refractivity contribution >= 4 is 0 Å². The second-order valence-corrected chi connectivity index (χ2v) is 3.79. The molecule has 2 aliphatic rings.